The van der Waals surface area contributed by atoms with Crippen molar-refractivity contribution in [1.29, 1.82) is 0 Å². The number of pyridine rings is 1. The van der Waals surface area contributed by atoms with Crippen molar-refractivity contribution >= 4 is 15.9 Å². The highest BCUT2D eigenvalue weighted by molar-refractivity contribution is 7.89. The minimum atomic E-state index is -3.32. The van der Waals surface area contributed by atoms with E-state index < -0.39 is 15.4 Å². The summed E-state index contributed by atoms with van der Waals surface area (Å²) in [5.41, 5.74) is 0.845. The molecule has 1 aromatic carbocycles. The van der Waals surface area contributed by atoms with Gasteiger partial charge in [-0.1, -0.05) is 37.3 Å². The van der Waals surface area contributed by atoms with E-state index in [1.807, 2.05) is 51.1 Å². The molecule has 0 spiro atoms. The second-order valence-electron chi connectivity index (χ2n) is 8.63. The van der Waals surface area contributed by atoms with Crippen molar-refractivity contribution in [2.45, 2.75) is 51.6 Å². The van der Waals surface area contributed by atoms with E-state index in [1.54, 1.807) is 22.6 Å². The molecule has 7 nitrogen and oxygen atoms in total. The van der Waals surface area contributed by atoms with Gasteiger partial charge < -0.3 is 10.1 Å². The molecule has 8 heteroatoms. The average molecular weight is 460 g/mol. The number of piperidine rings is 1. The lowest BCUT2D eigenvalue weighted by Gasteiger charge is -2.42. The number of ether oxygens (including phenoxy) is 1. The van der Waals surface area contributed by atoms with Gasteiger partial charge in [0.15, 0.2) is 0 Å². The predicted octanol–water partition coefficient (Wildman–Crippen LogP) is 3.37. The molecule has 1 atom stereocenters. The number of rotatable bonds is 9. The highest BCUT2D eigenvalue weighted by Gasteiger charge is 2.41. The zero-order valence-electron chi connectivity index (χ0n) is 19.1. The van der Waals surface area contributed by atoms with Crippen molar-refractivity contribution in [2.75, 3.05) is 25.4 Å². The van der Waals surface area contributed by atoms with Gasteiger partial charge in [-0.2, -0.15) is 0 Å². The topological polar surface area (TPSA) is 88.6 Å². The molecule has 1 amide bonds. The third kappa shape index (κ3) is 5.86. The molecular weight excluding hydrogens is 426 g/mol. The van der Waals surface area contributed by atoms with Crippen molar-refractivity contribution in [1.82, 2.24) is 14.6 Å². The van der Waals surface area contributed by atoms with Gasteiger partial charge in [0.1, 0.15) is 11.4 Å². The first-order valence-electron chi connectivity index (χ1n) is 11.2. The lowest BCUT2D eigenvalue weighted by Crippen LogP contribution is -2.54. The number of sulfonamides is 1. The summed E-state index contributed by atoms with van der Waals surface area (Å²) in [6.45, 7) is 6.93. The SMILES string of the molecule is CCCS(=O)(=O)N1CCCC(CNC(=O)c2ccc(OC(C)C)cn2)(c2ccccc2)C1. The van der Waals surface area contributed by atoms with Gasteiger partial charge in [0.25, 0.3) is 5.91 Å². The third-order valence-corrected chi connectivity index (χ3v) is 7.73. The highest BCUT2D eigenvalue weighted by atomic mass is 32.2. The van der Waals surface area contributed by atoms with Crippen molar-refractivity contribution in [2.24, 2.45) is 0 Å². The fourth-order valence-electron chi connectivity index (χ4n) is 4.18. The molecule has 1 aliphatic heterocycles. The van der Waals surface area contributed by atoms with E-state index in [4.69, 9.17) is 4.74 Å². The van der Waals surface area contributed by atoms with Crippen LogP contribution in [0.3, 0.4) is 0 Å². The number of aromatic nitrogens is 1. The molecule has 0 saturated carbocycles. The van der Waals surface area contributed by atoms with Crippen LogP contribution in [0.2, 0.25) is 0 Å². The molecule has 1 unspecified atom stereocenters. The number of benzene rings is 1. The molecule has 1 aliphatic rings. The Balaban J connectivity index is 1.79. The van der Waals surface area contributed by atoms with Crippen LogP contribution in [0.5, 0.6) is 5.75 Å². The average Bonchev–Trinajstić information content (AvgIpc) is 2.78. The maximum absolute atomic E-state index is 12.8. The van der Waals surface area contributed by atoms with Crippen molar-refractivity contribution in [3.63, 3.8) is 0 Å². The lowest BCUT2D eigenvalue weighted by molar-refractivity contribution is 0.0927. The van der Waals surface area contributed by atoms with E-state index in [2.05, 4.69) is 10.3 Å². The smallest absolute Gasteiger partial charge is 0.269 e. The van der Waals surface area contributed by atoms with E-state index >= 15 is 0 Å². The van der Waals surface area contributed by atoms with Gasteiger partial charge in [-0.3, -0.25) is 4.79 Å². The Labute approximate surface area is 191 Å². The van der Waals surface area contributed by atoms with Gasteiger partial charge in [-0.15, -0.1) is 0 Å². The fraction of sp³-hybridized carbons (Fsp3) is 0.500. The second-order valence-corrected chi connectivity index (χ2v) is 10.7. The molecule has 32 heavy (non-hydrogen) atoms. The van der Waals surface area contributed by atoms with E-state index in [-0.39, 0.29) is 17.8 Å². The zero-order valence-corrected chi connectivity index (χ0v) is 19.9. The molecule has 0 aliphatic carbocycles. The van der Waals surface area contributed by atoms with Crippen LogP contribution in [0, 0.1) is 0 Å². The maximum atomic E-state index is 12.8. The quantitative estimate of drug-likeness (QED) is 0.621. The van der Waals surface area contributed by atoms with Crippen LogP contribution in [0.15, 0.2) is 48.7 Å². The van der Waals surface area contributed by atoms with Crippen LogP contribution in [-0.4, -0.2) is 55.1 Å². The van der Waals surface area contributed by atoms with Crippen LogP contribution in [0.1, 0.15) is 56.1 Å². The minimum absolute atomic E-state index is 0.0282. The maximum Gasteiger partial charge on any atom is 0.269 e. The number of hydrogen-bond acceptors (Lipinski definition) is 5. The Hall–Kier alpha value is -2.45. The summed E-state index contributed by atoms with van der Waals surface area (Å²) < 4.78 is 32.8. The van der Waals surface area contributed by atoms with Crippen LogP contribution < -0.4 is 10.1 Å². The molecule has 1 saturated heterocycles. The standard InChI is InChI=1S/C24H33N3O4S/c1-4-15-32(29,30)27-14-8-13-24(18-27,20-9-6-5-7-10-20)17-26-23(28)22-12-11-21(16-25-22)31-19(2)3/h5-7,9-12,16,19H,4,8,13-15,17-18H2,1-3H3,(H,26,28). The number of amides is 1. The number of nitrogens with one attached hydrogen (secondary N) is 1. The molecule has 1 aromatic heterocycles. The number of carbonyl (C=O) groups excluding carboxylic acids is 1. The fourth-order valence-corrected chi connectivity index (χ4v) is 5.81. The number of hydrogen-bond donors (Lipinski definition) is 1. The molecule has 1 N–H and O–H groups in total. The summed E-state index contributed by atoms with van der Waals surface area (Å²) in [6, 6.07) is 13.2. The molecule has 174 valence electrons. The van der Waals surface area contributed by atoms with Crippen LogP contribution >= 0.6 is 0 Å². The largest absolute Gasteiger partial charge is 0.489 e. The minimum Gasteiger partial charge on any atom is -0.489 e. The van der Waals surface area contributed by atoms with Gasteiger partial charge >= 0.3 is 0 Å². The third-order valence-electron chi connectivity index (χ3n) is 5.71. The van der Waals surface area contributed by atoms with Gasteiger partial charge in [0.05, 0.1) is 18.1 Å². The first-order chi connectivity index (χ1) is 15.3. The van der Waals surface area contributed by atoms with Crippen LogP contribution in [0.4, 0.5) is 0 Å². The summed E-state index contributed by atoms with van der Waals surface area (Å²) >= 11 is 0. The number of nitrogens with zero attached hydrogens (tertiary/aromatic N) is 2. The Morgan fingerprint density at radius 3 is 2.59 bits per heavy atom. The number of carbonyl (C=O) groups is 1. The van der Waals surface area contributed by atoms with Crippen LogP contribution in [-0.2, 0) is 15.4 Å². The summed E-state index contributed by atoms with van der Waals surface area (Å²) in [6.07, 6.45) is 3.69. The first-order valence-corrected chi connectivity index (χ1v) is 12.8. The summed E-state index contributed by atoms with van der Waals surface area (Å²) in [5, 5.41) is 3.01. The molecule has 1 fully saturated rings. The van der Waals surface area contributed by atoms with Crippen molar-refractivity contribution < 1.29 is 17.9 Å². The van der Waals surface area contributed by atoms with Crippen LogP contribution in [0.25, 0.3) is 0 Å². The molecular formula is C24H33N3O4S. The lowest BCUT2D eigenvalue weighted by atomic mass is 9.74. The first kappa shape index (κ1) is 24.2. The summed E-state index contributed by atoms with van der Waals surface area (Å²) in [4.78, 5) is 17.1. The Morgan fingerprint density at radius 2 is 1.97 bits per heavy atom. The van der Waals surface area contributed by atoms with Gasteiger partial charge in [-0.25, -0.2) is 17.7 Å². The molecule has 3 rings (SSSR count). The van der Waals surface area contributed by atoms with E-state index in [0.29, 0.717) is 37.5 Å². The predicted molar refractivity (Wildman–Crippen MR) is 125 cm³/mol. The molecule has 0 radical (unpaired) electrons. The molecule has 0 bridgehead atoms. The Kier molecular flexibility index (Phi) is 7.90. The van der Waals surface area contributed by atoms with Crippen molar-refractivity contribution in [3.05, 3.63) is 59.9 Å². The van der Waals surface area contributed by atoms with Gasteiger partial charge in [0, 0.05) is 25.0 Å². The Morgan fingerprint density at radius 1 is 1.22 bits per heavy atom. The van der Waals surface area contributed by atoms with Crippen molar-refractivity contribution in [3.8, 4) is 5.75 Å². The second kappa shape index (κ2) is 10.4. The van der Waals surface area contributed by atoms with E-state index in [0.717, 1.165) is 18.4 Å². The molecule has 2 heterocycles. The highest BCUT2D eigenvalue weighted by Crippen LogP contribution is 2.35. The van der Waals surface area contributed by atoms with E-state index in [1.165, 1.54) is 0 Å². The monoisotopic (exact) mass is 459 g/mol. The summed E-state index contributed by atoms with van der Waals surface area (Å²) in [5.74, 6) is 0.463. The summed E-state index contributed by atoms with van der Waals surface area (Å²) in [7, 11) is -3.32. The zero-order chi connectivity index (χ0) is 23.2. The van der Waals surface area contributed by atoms with Gasteiger partial charge in [-0.05, 0) is 50.8 Å². The Bertz CT molecular complexity index is 994. The van der Waals surface area contributed by atoms with E-state index in [9.17, 15) is 13.2 Å². The normalized spacial score (nSPS) is 19.6. The molecule has 2 aromatic rings. The van der Waals surface area contributed by atoms with Gasteiger partial charge in [0.2, 0.25) is 10.0 Å².